The van der Waals surface area contributed by atoms with Gasteiger partial charge in [0, 0.05) is 37.7 Å². The highest BCUT2D eigenvalue weighted by Gasteiger charge is 2.33. The first kappa shape index (κ1) is 24.5. The standard InChI is InChI=1S/C24H27F4N3O2/c1-3-30(4-2)21-10-7-18(24(26,27)28)15-20(21)29-22(32)16-11-13-31(14-12-16)23(33)17-5-8-19(25)9-6-17/h5-10,15-16H,3-4,11-14H2,1-2H3,(H,29,32). The molecule has 0 unspecified atom stereocenters. The summed E-state index contributed by atoms with van der Waals surface area (Å²) >= 11 is 0. The van der Waals surface area contributed by atoms with Crippen molar-refractivity contribution in [3.63, 3.8) is 0 Å². The van der Waals surface area contributed by atoms with Crippen molar-refractivity contribution in [2.24, 2.45) is 5.92 Å². The molecule has 0 bridgehead atoms. The number of hydrogen-bond acceptors (Lipinski definition) is 3. The highest BCUT2D eigenvalue weighted by molar-refractivity contribution is 5.97. The van der Waals surface area contributed by atoms with E-state index in [1.165, 1.54) is 30.3 Å². The Kier molecular flexibility index (Phi) is 7.61. The van der Waals surface area contributed by atoms with Crippen molar-refractivity contribution in [1.29, 1.82) is 0 Å². The van der Waals surface area contributed by atoms with Gasteiger partial charge in [0.2, 0.25) is 5.91 Å². The van der Waals surface area contributed by atoms with Crippen molar-refractivity contribution in [1.82, 2.24) is 4.90 Å². The fourth-order valence-corrected chi connectivity index (χ4v) is 4.01. The summed E-state index contributed by atoms with van der Waals surface area (Å²) in [5.74, 6) is -1.46. The highest BCUT2D eigenvalue weighted by atomic mass is 19.4. The topological polar surface area (TPSA) is 52.7 Å². The summed E-state index contributed by atoms with van der Waals surface area (Å²) in [6, 6.07) is 8.64. The summed E-state index contributed by atoms with van der Waals surface area (Å²) in [7, 11) is 0. The van der Waals surface area contributed by atoms with Crippen LogP contribution in [0.4, 0.5) is 28.9 Å². The SMILES string of the molecule is CCN(CC)c1ccc(C(F)(F)F)cc1NC(=O)C1CCN(C(=O)c2ccc(F)cc2)CC1. The van der Waals surface area contributed by atoms with Gasteiger partial charge >= 0.3 is 6.18 Å². The molecule has 0 saturated carbocycles. The van der Waals surface area contributed by atoms with Crippen molar-refractivity contribution in [3.8, 4) is 0 Å². The molecule has 0 aromatic heterocycles. The third kappa shape index (κ3) is 5.83. The summed E-state index contributed by atoms with van der Waals surface area (Å²) in [6.07, 6.45) is -3.75. The smallest absolute Gasteiger partial charge is 0.370 e. The molecule has 2 amide bonds. The Labute approximate surface area is 190 Å². The van der Waals surface area contributed by atoms with E-state index < -0.39 is 23.5 Å². The lowest BCUT2D eigenvalue weighted by Gasteiger charge is -2.32. The first-order valence-electron chi connectivity index (χ1n) is 11.0. The molecule has 2 aromatic rings. The zero-order chi connectivity index (χ0) is 24.2. The molecule has 3 rings (SSSR count). The van der Waals surface area contributed by atoms with Gasteiger partial charge in [-0.1, -0.05) is 0 Å². The Morgan fingerprint density at radius 2 is 1.64 bits per heavy atom. The van der Waals surface area contributed by atoms with Gasteiger partial charge in [0.15, 0.2) is 0 Å². The molecule has 0 spiro atoms. The van der Waals surface area contributed by atoms with Crippen LogP contribution in [0.2, 0.25) is 0 Å². The minimum atomic E-state index is -4.52. The average Bonchev–Trinajstić information content (AvgIpc) is 2.80. The van der Waals surface area contributed by atoms with Crippen LogP contribution in [0, 0.1) is 11.7 Å². The fourth-order valence-electron chi connectivity index (χ4n) is 4.01. The van der Waals surface area contributed by atoms with Gasteiger partial charge in [0.05, 0.1) is 16.9 Å². The van der Waals surface area contributed by atoms with Crippen LogP contribution >= 0.6 is 0 Å². The Bertz CT molecular complexity index is 980. The molecule has 5 nitrogen and oxygen atoms in total. The van der Waals surface area contributed by atoms with Gasteiger partial charge in [0.1, 0.15) is 5.82 Å². The van der Waals surface area contributed by atoms with E-state index in [1.54, 1.807) is 4.90 Å². The molecule has 1 aliphatic rings. The first-order chi connectivity index (χ1) is 15.6. The first-order valence-corrected chi connectivity index (χ1v) is 11.0. The van der Waals surface area contributed by atoms with Gasteiger partial charge in [0.25, 0.3) is 5.91 Å². The molecule has 0 atom stereocenters. The van der Waals surface area contributed by atoms with E-state index in [-0.39, 0.29) is 17.5 Å². The van der Waals surface area contributed by atoms with Gasteiger partial charge in [-0.25, -0.2) is 4.39 Å². The quantitative estimate of drug-likeness (QED) is 0.598. The molecule has 1 aliphatic heterocycles. The van der Waals surface area contributed by atoms with E-state index >= 15 is 0 Å². The van der Waals surface area contributed by atoms with E-state index in [2.05, 4.69) is 5.32 Å². The van der Waals surface area contributed by atoms with Gasteiger partial charge in [-0.3, -0.25) is 9.59 Å². The monoisotopic (exact) mass is 465 g/mol. The maximum Gasteiger partial charge on any atom is 0.416 e. The zero-order valence-corrected chi connectivity index (χ0v) is 18.6. The molecule has 9 heteroatoms. The van der Waals surface area contributed by atoms with Crippen LogP contribution in [0.25, 0.3) is 0 Å². The number of halogens is 4. The molecule has 2 aromatic carbocycles. The summed E-state index contributed by atoms with van der Waals surface area (Å²) in [5.41, 5.74) is 0.203. The lowest BCUT2D eigenvalue weighted by molar-refractivity contribution is -0.137. The molecule has 1 fully saturated rings. The van der Waals surface area contributed by atoms with E-state index in [9.17, 15) is 27.2 Å². The lowest BCUT2D eigenvalue weighted by Crippen LogP contribution is -2.41. The molecule has 33 heavy (non-hydrogen) atoms. The maximum absolute atomic E-state index is 13.3. The normalized spacial score (nSPS) is 14.8. The second kappa shape index (κ2) is 10.2. The lowest BCUT2D eigenvalue weighted by atomic mass is 9.95. The number of amides is 2. The van der Waals surface area contributed by atoms with Crippen LogP contribution < -0.4 is 10.2 Å². The summed E-state index contributed by atoms with van der Waals surface area (Å²) in [4.78, 5) is 29.0. The molecule has 0 aliphatic carbocycles. The van der Waals surface area contributed by atoms with E-state index in [0.29, 0.717) is 50.3 Å². The molecule has 178 valence electrons. The number of nitrogens with zero attached hydrogens (tertiary/aromatic N) is 2. The Morgan fingerprint density at radius 3 is 2.18 bits per heavy atom. The Morgan fingerprint density at radius 1 is 1.03 bits per heavy atom. The molecule has 0 radical (unpaired) electrons. The van der Waals surface area contributed by atoms with E-state index in [4.69, 9.17) is 0 Å². The number of carbonyl (C=O) groups excluding carboxylic acids is 2. The van der Waals surface area contributed by atoms with Crippen LogP contribution in [0.5, 0.6) is 0 Å². The predicted molar refractivity (Wildman–Crippen MR) is 119 cm³/mol. The number of likely N-dealkylation sites (tertiary alicyclic amines) is 1. The van der Waals surface area contributed by atoms with Crippen LogP contribution in [0.3, 0.4) is 0 Å². The molecule has 1 N–H and O–H groups in total. The van der Waals surface area contributed by atoms with Crippen molar-refractivity contribution < 1.29 is 27.2 Å². The third-order valence-corrected chi connectivity index (χ3v) is 5.93. The van der Waals surface area contributed by atoms with Crippen molar-refractivity contribution in [3.05, 3.63) is 59.4 Å². The third-order valence-electron chi connectivity index (χ3n) is 5.93. The van der Waals surface area contributed by atoms with Crippen LogP contribution in [0.1, 0.15) is 42.6 Å². The second-order valence-corrected chi connectivity index (χ2v) is 7.96. The minimum absolute atomic E-state index is 0.128. The van der Waals surface area contributed by atoms with Crippen LogP contribution in [-0.4, -0.2) is 42.9 Å². The number of nitrogens with one attached hydrogen (secondary N) is 1. The Hall–Kier alpha value is -3.10. The van der Waals surface area contributed by atoms with Gasteiger partial charge < -0.3 is 15.1 Å². The van der Waals surface area contributed by atoms with Crippen LogP contribution in [-0.2, 0) is 11.0 Å². The van der Waals surface area contributed by atoms with Gasteiger partial charge in [-0.05, 0) is 69.2 Å². The summed E-state index contributed by atoms with van der Waals surface area (Å²) < 4.78 is 52.8. The van der Waals surface area contributed by atoms with E-state index in [1.807, 2.05) is 18.7 Å². The van der Waals surface area contributed by atoms with Crippen molar-refractivity contribution in [2.45, 2.75) is 32.9 Å². The van der Waals surface area contributed by atoms with E-state index in [0.717, 1.165) is 12.1 Å². The second-order valence-electron chi connectivity index (χ2n) is 7.96. The molecular weight excluding hydrogens is 438 g/mol. The number of rotatable bonds is 6. The average molecular weight is 465 g/mol. The fraction of sp³-hybridized carbons (Fsp3) is 0.417. The number of hydrogen-bond donors (Lipinski definition) is 1. The molecular formula is C24H27F4N3O2. The zero-order valence-electron chi connectivity index (χ0n) is 18.6. The van der Waals surface area contributed by atoms with Gasteiger partial charge in [-0.2, -0.15) is 13.2 Å². The maximum atomic E-state index is 13.3. The number of anilines is 2. The number of carbonyl (C=O) groups is 2. The Balaban J connectivity index is 1.70. The number of benzene rings is 2. The minimum Gasteiger partial charge on any atom is -0.370 e. The van der Waals surface area contributed by atoms with Gasteiger partial charge in [-0.15, -0.1) is 0 Å². The highest BCUT2D eigenvalue weighted by Crippen LogP contribution is 2.36. The summed E-state index contributed by atoms with van der Waals surface area (Å²) in [5, 5.41) is 2.70. The number of alkyl halides is 3. The predicted octanol–water partition coefficient (Wildman–Crippen LogP) is 5.18. The molecule has 1 saturated heterocycles. The number of piperidine rings is 1. The van der Waals surface area contributed by atoms with Crippen LogP contribution in [0.15, 0.2) is 42.5 Å². The molecule has 1 heterocycles. The largest absolute Gasteiger partial charge is 0.416 e. The summed E-state index contributed by atoms with van der Waals surface area (Å²) in [6.45, 7) is 5.60. The van der Waals surface area contributed by atoms with Crippen molar-refractivity contribution in [2.75, 3.05) is 36.4 Å². The van der Waals surface area contributed by atoms with Crippen molar-refractivity contribution >= 4 is 23.2 Å².